The molecule has 0 aliphatic heterocycles. The van der Waals surface area contributed by atoms with Crippen LogP contribution in [0.4, 0.5) is 4.39 Å². The van der Waals surface area contributed by atoms with Gasteiger partial charge in [0.15, 0.2) is 0 Å². The second-order valence-corrected chi connectivity index (χ2v) is 6.26. The topological polar surface area (TPSA) is 53.4 Å². The number of nitrogens with zero attached hydrogens (tertiary/aromatic N) is 2. The molecule has 1 saturated carbocycles. The summed E-state index contributed by atoms with van der Waals surface area (Å²) < 4.78 is 13.6. The smallest absolute Gasteiger partial charge is 0.233 e. The second-order valence-electron chi connectivity index (χ2n) is 6.26. The van der Waals surface area contributed by atoms with E-state index in [0.29, 0.717) is 19.4 Å². The molecular formula is C19H21FN2O2. The van der Waals surface area contributed by atoms with Gasteiger partial charge in [-0.2, -0.15) is 0 Å². The van der Waals surface area contributed by atoms with Crippen molar-refractivity contribution in [2.75, 3.05) is 13.2 Å². The van der Waals surface area contributed by atoms with Gasteiger partial charge in [0.1, 0.15) is 5.82 Å². The molecule has 1 N–H and O–H groups in total. The van der Waals surface area contributed by atoms with Crippen LogP contribution in [0.5, 0.6) is 0 Å². The number of aliphatic hydroxyl groups excluding tert-OH is 1. The minimum absolute atomic E-state index is 0.0442. The zero-order valence-electron chi connectivity index (χ0n) is 13.5. The summed E-state index contributed by atoms with van der Waals surface area (Å²) in [6, 6.07) is 10.0. The molecule has 0 unspecified atom stereocenters. The van der Waals surface area contributed by atoms with Crippen molar-refractivity contribution in [2.24, 2.45) is 0 Å². The van der Waals surface area contributed by atoms with Crippen molar-refractivity contribution in [2.45, 2.75) is 31.2 Å². The van der Waals surface area contributed by atoms with Crippen molar-refractivity contribution < 1.29 is 14.3 Å². The Morgan fingerprint density at radius 1 is 1.29 bits per heavy atom. The molecule has 1 heterocycles. The van der Waals surface area contributed by atoms with Gasteiger partial charge in [0.25, 0.3) is 0 Å². The fourth-order valence-corrected chi connectivity index (χ4v) is 3.33. The molecule has 3 rings (SSSR count). The maximum Gasteiger partial charge on any atom is 0.233 e. The van der Waals surface area contributed by atoms with E-state index in [1.54, 1.807) is 23.4 Å². The number of carbonyl (C=O) groups is 1. The highest BCUT2D eigenvalue weighted by molar-refractivity contribution is 5.89. The molecular weight excluding hydrogens is 307 g/mol. The first-order valence-electron chi connectivity index (χ1n) is 8.21. The number of aromatic nitrogens is 1. The second kappa shape index (κ2) is 7.09. The number of aliphatic hydroxyl groups is 1. The molecule has 1 aliphatic carbocycles. The Hall–Kier alpha value is -2.27. The lowest BCUT2D eigenvalue weighted by Gasteiger charge is -2.44. The van der Waals surface area contributed by atoms with E-state index < -0.39 is 5.41 Å². The van der Waals surface area contributed by atoms with Crippen LogP contribution in [-0.4, -0.2) is 34.0 Å². The van der Waals surface area contributed by atoms with Gasteiger partial charge < -0.3 is 10.0 Å². The summed E-state index contributed by atoms with van der Waals surface area (Å²) in [5.41, 5.74) is 0.973. The van der Waals surface area contributed by atoms with Crippen LogP contribution in [0.1, 0.15) is 30.4 Å². The Kier molecular flexibility index (Phi) is 4.90. The molecule has 1 aliphatic rings. The molecule has 0 spiro atoms. The molecule has 0 atom stereocenters. The lowest BCUT2D eigenvalue weighted by molar-refractivity contribution is -0.142. The molecule has 1 amide bonds. The van der Waals surface area contributed by atoms with Gasteiger partial charge in [0.2, 0.25) is 5.91 Å². The summed E-state index contributed by atoms with van der Waals surface area (Å²) in [6.45, 7) is 0.542. The molecule has 5 heteroatoms. The third kappa shape index (κ3) is 3.17. The Bertz CT molecular complexity index is 702. The SMILES string of the molecule is O=C(N(CCO)Cc1cccnc1)C1(c2cccc(F)c2)CCC1. The average molecular weight is 328 g/mol. The quantitative estimate of drug-likeness (QED) is 0.887. The fraction of sp³-hybridized carbons (Fsp3) is 0.368. The van der Waals surface area contributed by atoms with Crippen molar-refractivity contribution in [1.29, 1.82) is 0 Å². The number of hydrogen-bond donors (Lipinski definition) is 1. The maximum atomic E-state index is 13.6. The van der Waals surface area contributed by atoms with Crippen LogP contribution in [-0.2, 0) is 16.8 Å². The van der Waals surface area contributed by atoms with Crippen molar-refractivity contribution in [1.82, 2.24) is 9.88 Å². The molecule has 0 radical (unpaired) electrons. The van der Waals surface area contributed by atoms with Gasteiger partial charge in [-0.3, -0.25) is 9.78 Å². The number of halogens is 1. The molecule has 1 fully saturated rings. The number of carbonyl (C=O) groups excluding carboxylic acids is 1. The number of pyridine rings is 1. The van der Waals surface area contributed by atoms with E-state index in [9.17, 15) is 14.3 Å². The lowest BCUT2D eigenvalue weighted by atomic mass is 9.63. The third-order valence-corrected chi connectivity index (χ3v) is 4.75. The van der Waals surface area contributed by atoms with Gasteiger partial charge in [-0.25, -0.2) is 4.39 Å². The molecule has 4 nitrogen and oxygen atoms in total. The Morgan fingerprint density at radius 2 is 2.12 bits per heavy atom. The van der Waals surface area contributed by atoms with E-state index in [-0.39, 0.29) is 24.9 Å². The molecule has 1 aromatic heterocycles. The first-order chi connectivity index (χ1) is 11.7. The third-order valence-electron chi connectivity index (χ3n) is 4.75. The summed E-state index contributed by atoms with van der Waals surface area (Å²) in [4.78, 5) is 19.0. The molecule has 1 aromatic carbocycles. The molecule has 126 valence electrons. The highest BCUT2D eigenvalue weighted by Crippen LogP contribution is 2.45. The maximum absolute atomic E-state index is 13.6. The Balaban J connectivity index is 1.87. The van der Waals surface area contributed by atoms with E-state index >= 15 is 0 Å². The average Bonchev–Trinajstić information content (AvgIpc) is 2.54. The molecule has 2 aromatic rings. The summed E-state index contributed by atoms with van der Waals surface area (Å²) in [6.07, 6.45) is 5.77. The Morgan fingerprint density at radius 3 is 2.71 bits per heavy atom. The van der Waals surface area contributed by atoms with E-state index in [1.807, 2.05) is 18.2 Å². The number of rotatable bonds is 6. The van der Waals surface area contributed by atoms with E-state index in [1.165, 1.54) is 12.1 Å². The van der Waals surface area contributed by atoms with Gasteiger partial charge in [0.05, 0.1) is 12.0 Å². The standard InChI is InChI=1S/C19H21FN2O2/c20-17-6-1-5-16(12-17)19(7-3-8-19)18(24)22(10-11-23)14-15-4-2-9-21-13-15/h1-2,4-6,9,12-13,23H,3,7-8,10-11,14H2. The molecule has 0 bridgehead atoms. The van der Waals surface area contributed by atoms with E-state index in [4.69, 9.17) is 0 Å². The minimum Gasteiger partial charge on any atom is -0.395 e. The number of amides is 1. The summed E-state index contributed by atoms with van der Waals surface area (Å²) in [5, 5.41) is 9.37. The van der Waals surface area contributed by atoms with E-state index in [2.05, 4.69) is 4.98 Å². The summed E-state index contributed by atoms with van der Waals surface area (Å²) in [7, 11) is 0. The highest BCUT2D eigenvalue weighted by Gasteiger charge is 2.47. The van der Waals surface area contributed by atoms with Crippen LogP contribution >= 0.6 is 0 Å². The van der Waals surface area contributed by atoms with Crippen LogP contribution in [0.3, 0.4) is 0 Å². The Labute approximate surface area is 141 Å². The van der Waals surface area contributed by atoms with Gasteiger partial charge in [-0.1, -0.05) is 24.6 Å². The zero-order chi connectivity index (χ0) is 17.0. The first-order valence-corrected chi connectivity index (χ1v) is 8.21. The number of hydrogen-bond acceptors (Lipinski definition) is 3. The van der Waals surface area contributed by atoms with E-state index in [0.717, 1.165) is 17.5 Å². The fourth-order valence-electron chi connectivity index (χ4n) is 3.33. The lowest BCUT2D eigenvalue weighted by Crippen LogP contribution is -2.51. The number of benzene rings is 1. The first kappa shape index (κ1) is 16.6. The largest absolute Gasteiger partial charge is 0.395 e. The zero-order valence-corrected chi connectivity index (χ0v) is 13.5. The van der Waals surface area contributed by atoms with Gasteiger partial charge in [-0.15, -0.1) is 0 Å². The van der Waals surface area contributed by atoms with Crippen LogP contribution in [0, 0.1) is 5.82 Å². The van der Waals surface area contributed by atoms with Crippen LogP contribution < -0.4 is 0 Å². The highest BCUT2D eigenvalue weighted by atomic mass is 19.1. The monoisotopic (exact) mass is 328 g/mol. The van der Waals surface area contributed by atoms with Crippen molar-refractivity contribution in [3.63, 3.8) is 0 Å². The normalized spacial score (nSPS) is 15.6. The van der Waals surface area contributed by atoms with Gasteiger partial charge in [-0.05, 0) is 42.2 Å². The molecule has 24 heavy (non-hydrogen) atoms. The van der Waals surface area contributed by atoms with Gasteiger partial charge in [0, 0.05) is 25.5 Å². The van der Waals surface area contributed by atoms with Crippen LogP contribution in [0.2, 0.25) is 0 Å². The predicted molar refractivity (Wildman–Crippen MR) is 88.7 cm³/mol. The van der Waals surface area contributed by atoms with Crippen molar-refractivity contribution in [3.8, 4) is 0 Å². The molecule has 0 saturated heterocycles. The van der Waals surface area contributed by atoms with Crippen molar-refractivity contribution >= 4 is 5.91 Å². The predicted octanol–water partition coefficient (Wildman–Crippen LogP) is 2.66. The van der Waals surface area contributed by atoms with Crippen LogP contribution in [0.15, 0.2) is 48.8 Å². The van der Waals surface area contributed by atoms with Gasteiger partial charge >= 0.3 is 0 Å². The summed E-state index contributed by atoms with van der Waals surface area (Å²) >= 11 is 0. The van der Waals surface area contributed by atoms with Crippen LogP contribution in [0.25, 0.3) is 0 Å². The minimum atomic E-state index is -0.667. The summed E-state index contributed by atoms with van der Waals surface area (Å²) in [5.74, 6) is -0.371. The van der Waals surface area contributed by atoms with Crippen molar-refractivity contribution in [3.05, 3.63) is 65.7 Å².